The Morgan fingerprint density at radius 1 is 1.50 bits per heavy atom. The smallest absolute Gasteiger partial charge is 0.193 e. The summed E-state index contributed by atoms with van der Waals surface area (Å²) in [6, 6.07) is 0. The van der Waals surface area contributed by atoms with Crippen LogP contribution in [-0.4, -0.2) is 42.1 Å². The molecule has 0 radical (unpaired) electrons. The quantitative estimate of drug-likeness (QED) is 0.459. The van der Waals surface area contributed by atoms with Crippen LogP contribution < -0.4 is 0 Å². The van der Waals surface area contributed by atoms with Gasteiger partial charge in [-0.3, -0.25) is 0 Å². The standard InChI is InChI=1S/C7H14O5/c1-4-7(8)5(10-2)3-6(11-4)12-9/h4-9H,3H2,1-2H3. The first-order chi connectivity index (χ1) is 5.69. The fourth-order valence-electron chi connectivity index (χ4n) is 1.31. The molecule has 72 valence electrons. The maximum absolute atomic E-state index is 9.46. The lowest BCUT2D eigenvalue weighted by Gasteiger charge is -2.35. The molecule has 0 aliphatic carbocycles. The third-order valence-corrected chi connectivity index (χ3v) is 2.07. The van der Waals surface area contributed by atoms with Crippen LogP contribution in [0.1, 0.15) is 13.3 Å². The first-order valence-corrected chi connectivity index (χ1v) is 3.85. The molecular weight excluding hydrogens is 164 g/mol. The van der Waals surface area contributed by atoms with Gasteiger partial charge in [0, 0.05) is 13.5 Å². The van der Waals surface area contributed by atoms with Gasteiger partial charge in [0.1, 0.15) is 6.10 Å². The van der Waals surface area contributed by atoms with E-state index in [0.717, 1.165) is 0 Å². The number of hydrogen-bond acceptors (Lipinski definition) is 5. The Bertz CT molecular complexity index is 140. The monoisotopic (exact) mass is 178 g/mol. The highest BCUT2D eigenvalue weighted by molar-refractivity contribution is 4.80. The van der Waals surface area contributed by atoms with Crippen molar-refractivity contribution in [1.29, 1.82) is 0 Å². The van der Waals surface area contributed by atoms with E-state index in [-0.39, 0.29) is 12.2 Å². The van der Waals surface area contributed by atoms with Crippen LogP contribution in [0.25, 0.3) is 0 Å². The zero-order valence-electron chi connectivity index (χ0n) is 7.14. The lowest BCUT2D eigenvalue weighted by Crippen LogP contribution is -2.48. The summed E-state index contributed by atoms with van der Waals surface area (Å²) in [5.41, 5.74) is 0. The van der Waals surface area contributed by atoms with E-state index < -0.39 is 12.4 Å². The van der Waals surface area contributed by atoms with Gasteiger partial charge < -0.3 is 14.6 Å². The zero-order chi connectivity index (χ0) is 9.14. The molecule has 5 heteroatoms. The third kappa shape index (κ3) is 1.94. The predicted molar refractivity (Wildman–Crippen MR) is 39.5 cm³/mol. The minimum atomic E-state index is -0.701. The topological polar surface area (TPSA) is 68.2 Å². The van der Waals surface area contributed by atoms with E-state index in [1.807, 2.05) is 0 Å². The molecule has 2 N–H and O–H groups in total. The van der Waals surface area contributed by atoms with Crippen LogP contribution in [0.15, 0.2) is 0 Å². The highest BCUT2D eigenvalue weighted by Crippen LogP contribution is 2.22. The Morgan fingerprint density at radius 2 is 2.17 bits per heavy atom. The van der Waals surface area contributed by atoms with Gasteiger partial charge in [0.2, 0.25) is 0 Å². The summed E-state index contributed by atoms with van der Waals surface area (Å²) in [7, 11) is 1.50. The van der Waals surface area contributed by atoms with Crippen LogP contribution in [-0.2, 0) is 14.4 Å². The van der Waals surface area contributed by atoms with Crippen molar-refractivity contribution >= 4 is 0 Å². The maximum atomic E-state index is 9.46. The second-order valence-electron chi connectivity index (χ2n) is 2.88. The minimum absolute atomic E-state index is 0.332. The van der Waals surface area contributed by atoms with Gasteiger partial charge in [0.25, 0.3) is 0 Å². The molecule has 12 heavy (non-hydrogen) atoms. The predicted octanol–water partition coefficient (Wildman–Crippen LogP) is -0.0132. The molecule has 1 saturated heterocycles. The van der Waals surface area contributed by atoms with Gasteiger partial charge in [-0.2, -0.15) is 0 Å². The maximum Gasteiger partial charge on any atom is 0.193 e. The van der Waals surface area contributed by atoms with E-state index in [2.05, 4.69) is 4.89 Å². The fraction of sp³-hybridized carbons (Fsp3) is 1.00. The summed E-state index contributed by atoms with van der Waals surface area (Å²) in [5, 5.41) is 17.8. The lowest BCUT2D eigenvalue weighted by molar-refractivity contribution is -0.378. The van der Waals surface area contributed by atoms with Crippen LogP contribution in [0.2, 0.25) is 0 Å². The average Bonchev–Trinajstić information content (AvgIpc) is 2.09. The number of methoxy groups -OCH3 is 1. The van der Waals surface area contributed by atoms with Crippen molar-refractivity contribution in [2.24, 2.45) is 0 Å². The first-order valence-electron chi connectivity index (χ1n) is 3.85. The van der Waals surface area contributed by atoms with E-state index in [1.54, 1.807) is 6.92 Å². The van der Waals surface area contributed by atoms with Crippen LogP contribution in [0.5, 0.6) is 0 Å². The van der Waals surface area contributed by atoms with E-state index in [9.17, 15) is 5.11 Å². The largest absolute Gasteiger partial charge is 0.388 e. The number of hydrogen-bond donors (Lipinski definition) is 2. The second-order valence-corrected chi connectivity index (χ2v) is 2.88. The summed E-state index contributed by atoms with van der Waals surface area (Å²) in [6.45, 7) is 1.70. The summed E-state index contributed by atoms with van der Waals surface area (Å²) in [4.78, 5) is 4.03. The Morgan fingerprint density at radius 3 is 2.67 bits per heavy atom. The summed E-state index contributed by atoms with van der Waals surface area (Å²) in [6.07, 6.45) is -1.76. The van der Waals surface area contributed by atoms with Crippen molar-refractivity contribution in [2.45, 2.75) is 37.9 Å². The molecule has 0 saturated carbocycles. The van der Waals surface area contributed by atoms with E-state index in [0.29, 0.717) is 6.42 Å². The highest BCUT2D eigenvalue weighted by Gasteiger charge is 2.35. The van der Waals surface area contributed by atoms with Gasteiger partial charge in [-0.05, 0) is 6.92 Å². The Labute approximate surface area is 70.8 Å². The molecule has 0 spiro atoms. The molecule has 1 fully saturated rings. The van der Waals surface area contributed by atoms with Gasteiger partial charge >= 0.3 is 0 Å². The lowest BCUT2D eigenvalue weighted by atomic mass is 10.0. The SMILES string of the molecule is COC1CC(OO)OC(C)C1O. The van der Waals surface area contributed by atoms with E-state index >= 15 is 0 Å². The average molecular weight is 178 g/mol. The van der Waals surface area contributed by atoms with Crippen molar-refractivity contribution in [3.05, 3.63) is 0 Å². The zero-order valence-corrected chi connectivity index (χ0v) is 7.14. The van der Waals surface area contributed by atoms with Gasteiger partial charge in [0.05, 0.1) is 12.2 Å². The molecule has 1 aliphatic heterocycles. The fourth-order valence-corrected chi connectivity index (χ4v) is 1.31. The van der Waals surface area contributed by atoms with Gasteiger partial charge in [-0.1, -0.05) is 0 Å². The highest BCUT2D eigenvalue weighted by atomic mass is 17.1. The molecule has 4 atom stereocenters. The molecular formula is C7H14O5. The van der Waals surface area contributed by atoms with E-state index in [1.165, 1.54) is 7.11 Å². The molecule has 4 unspecified atom stereocenters. The van der Waals surface area contributed by atoms with Crippen molar-refractivity contribution in [3.8, 4) is 0 Å². The van der Waals surface area contributed by atoms with Crippen LogP contribution in [0, 0.1) is 0 Å². The molecule has 0 aromatic rings. The van der Waals surface area contributed by atoms with Crippen molar-refractivity contribution in [3.63, 3.8) is 0 Å². The summed E-state index contributed by atoms with van der Waals surface area (Å²) >= 11 is 0. The Balaban J connectivity index is 2.52. The second kappa shape index (κ2) is 4.15. The first kappa shape index (κ1) is 9.88. The number of aliphatic hydroxyl groups excluding tert-OH is 1. The summed E-state index contributed by atoms with van der Waals surface area (Å²) < 4.78 is 10.1. The summed E-state index contributed by atoms with van der Waals surface area (Å²) in [5.74, 6) is 0. The van der Waals surface area contributed by atoms with Crippen molar-refractivity contribution in [1.82, 2.24) is 0 Å². The van der Waals surface area contributed by atoms with Gasteiger partial charge in [-0.15, -0.1) is 0 Å². The molecule has 5 nitrogen and oxygen atoms in total. The Hall–Kier alpha value is -0.200. The minimum Gasteiger partial charge on any atom is -0.388 e. The van der Waals surface area contributed by atoms with Crippen molar-refractivity contribution in [2.75, 3.05) is 7.11 Å². The number of ether oxygens (including phenoxy) is 2. The molecule has 0 amide bonds. The van der Waals surface area contributed by atoms with E-state index in [4.69, 9.17) is 14.7 Å². The molecule has 0 aromatic heterocycles. The number of rotatable bonds is 2. The van der Waals surface area contributed by atoms with Gasteiger partial charge in [0.15, 0.2) is 6.29 Å². The van der Waals surface area contributed by atoms with Gasteiger partial charge in [-0.25, -0.2) is 10.1 Å². The third-order valence-electron chi connectivity index (χ3n) is 2.07. The van der Waals surface area contributed by atoms with Crippen LogP contribution >= 0.6 is 0 Å². The van der Waals surface area contributed by atoms with Crippen LogP contribution in [0.3, 0.4) is 0 Å². The Kier molecular flexibility index (Phi) is 3.42. The van der Waals surface area contributed by atoms with Crippen molar-refractivity contribution < 1.29 is 24.7 Å². The molecule has 0 aromatic carbocycles. The molecule has 1 heterocycles. The normalized spacial score (nSPS) is 43.0. The molecule has 1 aliphatic rings. The van der Waals surface area contributed by atoms with Crippen LogP contribution in [0.4, 0.5) is 0 Å². The molecule has 0 bridgehead atoms. The number of aliphatic hydroxyl groups is 1. The molecule has 1 rings (SSSR count).